The van der Waals surface area contributed by atoms with E-state index >= 15 is 0 Å². The summed E-state index contributed by atoms with van der Waals surface area (Å²) >= 11 is 3.45. The van der Waals surface area contributed by atoms with Crippen LogP contribution in [0.15, 0.2) is 77.7 Å². The molecule has 0 aliphatic carbocycles. The van der Waals surface area contributed by atoms with Gasteiger partial charge in [-0.1, -0.05) is 28.1 Å². The Morgan fingerprint density at radius 2 is 1.82 bits per heavy atom. The largest absolute Gasteiger partial charge is 0.462 e. The predicted molar refractivity (Wildman–Crippen MR) is 152 cm³/mol. The number of carbonyl (C=O) groups is 2. The molecule has 0 unspecified atom stereocenters. The normalized spacial score (nSPS) is 11.2. The number of hydrogen-bond acceptors (Lipinski definition) is 6. The number of fused-ring (bicyclic) bond motifs is 1. The lowest BCUT2D eigenvalue weighted by atomic mass is 10.1. The number of ether oxygens (including phenoxy) is 1. The summed E-state index contributed by atoms with van der Waals surface area (Å²) in [5.74, 6) is -0.550. The van der Waals surface area contributed by atoms with E-state index in [1.165, 1.54) is 4.90 Å². The lowest BCUT2D eigenvalue weighted by molar-refractivity contribution is 0.0527. The Morgan fingerprint density at radius 1 is 1.05 bits per heavy atom. The molecule has 5 aromatic rings. The molecule has 0 saturated carbocycles. The fourth-order valence-electron chi connectivity index (χ4n) is 4.36. The van der Waals surface area contributed by atoms with E-state index < -0.39 is 5.97 Å². The first-order chi connectivity index (χ1) is 18.8. The molecular weight excluding hydrogens is 560 g/mol. The van der Waals surface area contributed by atoms with E-state index in [-0.39, 0.29) is 29.9 Å². The molecule has 3 heterocycles. The fraction of sp³-hybridized carbons (Fsp3) is 0.207. The van der Waals surface area contributed by atoms with Crippen molar-refractivity contribution in [1.29, 1.82) is 0 Å². The molecule has 39 heavy (non-hydrogen) atoms. The van der Waals surface area contributed by atoms with E-state index in [0.717, 1.165) is 26.9 Å². The molecule has 3 aromatic heterocycles. The first-order valence-corrected chi connectivity index (χ1v) is 13.3. The average Bonchev–Trinajstić information content (AvgIpc) is 3.54. The van der Waals surface area contributed by atoms with E-state index in [1.54, 1.807) is 34.6 Å². The number of benzene rings is 2. The van der Waals surface area contributed by atoms with Gasteiger partial charge in [-0.15, -0.1) is 5.10 Å². The summed E-state index contributed by atoms with van der Waals surface area (Å²) in [4.78, 5) is 32.6. The van der Waals surface area contributed by atoms with Crippen molar-refractivity contribution in [3.63, 3.8) is 0 Å². The second kappa shape index (κ2) is 10.8. The van der Waals surface area contributed by atoms with Crippen molar-refractivity contribution in [2.24, 2.45) is 0 Å². The number of nitrogens with zero attached hydrogens (tertiary/aromatic N) is 6. The Morgan fingerprint density at radius 3 is 2.49 bits per heavy atom. The Labute approximate surface area is 234 Å². The highest BCUT2D eigenvalue weighted by Crippen LogP contribution is 2.28. The summed E-state index contributed by atoms with van der Waals surface area (Å²) in [5, 5.41) is 9.29. The van der Waals surface area contributed by atoms with Crippen LogP contribution in [0.5, 0.6) is 0 Å². The Hall–Kier alpha value is -4.31. The van der Waals surface area contributed by atoms with Crippen LogP contribution in [-0.4, -0.2) is 48.9 Å². The molecule has 1 amide bonds. The summed E-state index contributed by atoms with van der Waals surface area (Å²) in [6.07, 6.45) is 5.18. The van der Waals surface area contributed by atoms with Gasteiger partial charge in [0.05, 0.1) is 18.0 Å². The van der Waals surface area contributed by atoms with Crippen LogP contribution in [0, 0.1) is 6.92 Å². The van der Waals surface area contributed by atoms with Gasteiger partial charge < -0.3 is 4.74 Å². The quantitative estimate of drug-likeness (QED) is 0.221. The molecule has 0 aliphatic heterocycles. The minimum Gasteiger partial charge on any atom is -0.462 e. The first-order valence-electron chi connectivity index (χ1n) is 12.5. The smallest absolute Gasteiger partial charge is 0.343 e. The SMILES string of the molecule is CCOC(=O)c1cn(-c2ccc(-c3cc4ncccn4n3)cc2)nc1N(C(=O)c1ccc(Br)cc1C)C(C)C. The minimum absolute atomic E-state index is 0.202. The van der Waals surface area contributed by atoms with E-state index in [9.17, 15) is 9.59 Å². The standard InChI is InChI=1S/C29H27BrN6O3/c1-5-39-29(38)24-17-35(22-10-7-20(8-11-22)25-16-26-31-13-6-14-34(26)32-25)33-27(24)36(18(2)3)28(37)23-12-9-21(30)15-19(23)4/h6-18H,5H2,1-4H3. The van der Waals surface area contributed by atoms with Crippen molar-refractivity contribution in [2.75, 3.05) is 11.5 Å². The van der Waals surface area contributed by atoms with Crippen LogP contribution in [-0.2, 0) is 4.74 Å². The number of esters is 1. The molecule has 10 heteroatoms. The van der Waals surface area contributed by atoms with Crippen LogP contribution >= 0.6 is 15.9 Å². The molecule has 0 aliphatic rings. The third kappa shape index (κ3) is 5.20. The number of aryl methyl sites for hydroxylation is 1. The molecule has 0 N–H and O–H groups in total. The van der Waals surface area contributed by atoms with Crippen LogP contribution < -0.4 is 4.90 Å². The molecule has 198 valence electrons. The van der Waals surface area contributed by atoms with E-state index in [4.69, 9.17) is 9.84 Å². The maximum atomic E-state index is 13.8. The summed E-state index contributed by atoms with van der Waals surface area (Å²) in [5.41, 5.74) is 4.73. The molecule has 2 aromatic carbocycles. The third-order valence-electron chi connectivity index (χ3n) is 6.24. The molecule has 0 atom stereocenters. The number of anilines is 1. The van der Waals surface area contributed by atoms with Crippen molar-refractivity contribution in [2.45, 2.75) is 33.7 Å². The summed E-state index contributed by atoms with van der Waals surface area (Å²) in [6.45, 7) is 7.60. The number of rotatable bonds is 7. The average molecular weight is 587 g/mol. The maximum absolute atomic E-state index is 13.8. The Kier molecular flexibility index (Phi) is 7.30. The monoisotopic (exact) mass is 586 g/mol. The second-order valence-corrected chi connectivity index (χ2v) is 10.2. The molecule has 9 nitrogen and oxygen atoms in total. The van der Waals surface area contributed by atoms with Crippen LogP contribution in [0.3, 0.4) is 0 Å². The van der Waals surface area contributed by atoms with Gasteiger partial charge in [0.2, 0.25) is 0 Å². The number of carbonyl (C=O) groups excluding carboxylic acids is 2. The van der Waals surface area contributed by atoms with Crippen LogP contribution in [0.2, 0.25) is 0 Å². The van der Waals surface area contributed by atoms with Gasteiger partial charge in [-0.3, -0.25) is 9.69 Å². The predicted octanol–water partition coefficient (Wildman–Crippen LogP) is 5.88. The van der Waals surface area contributed by atoms with Gasteiger partial charge in [0.1, 0.15) is 5.56 Å². The van der Waals surface area contributed by atoms with Gasteiger partial charge in [0.15, 0.2) is 11.5 Å². The summed E-state index contributed by atoms with van der Waals surface area (Å²) in [7, 11) is 0. The molecule has 0 saturated heterocycles. The van der Waals surface area contributed by atoms with Gasteiger partial charge in [-0.2, -0.15) is 5.10 Å². The van der Waals surface area contributed by atoms with E-state index in [0.29, 0.717) is 11.3 Å². The highest BCUT2D eigenvalue weighted by Gasteiger charge is 2.30. The number of aromatic nitrogens is 5. The molecule has 0 bridgehead atoms. The van der Waals surface area contributed by atoms with Crippen molar-refractivity contribution in [1.82, 2.24) is 24.4 Å². The zero-order chi connectivity index (χ0) is 27.7. The van der Waals surface area contributed by atoms with Gasteiger partial charge >= 0.3 is 5.97 Å². The zero-order valence-corrected chi connectivity index (χ0v) is 23.6. The van der Waals surface area contributed by atoms with Gasteiger partial charge in [-0.05, 0) is 69.7 Å². The van der Waals surface area contributed by atoms with Crippen molar-refractivity contribution in [3.05, 3.63) is 94.4 Å². The van der Waals surface area contributed by atoms with Crippen molar-refractivity contribution >= 4 is 39.3 Å². The van der Waals surface area contributed by atoms with Gasteiger partial charge in [-0.25, -0.2) is 19.0 Å². The first kappa shape index (κ1) is 26.3. The highest BCUT2D eigenvalue weighted by molar-refractivity contribution is 9.10. The van der Waals surface area contributed by atoms with E-state index in [2.05, 4.69) is 26.0 Å². The number of amides is 1. The molecule has 0 spiro atoms. The highest BCUT2D eigenvalue weighted by atomic mass is 79.9. The van der Waals surface area contributed by atoms with Gasteiger partial charge in [0.25, 0.3) is 5.91 Å². The van der Waals surface area contributed by atoms with Crippen molar-refractivity contribution in [3.8, 4) is 16.9 Å². The lowest BCUT2D eigenvalue weighted by Gasteiger charge is -2.26. The lowest BCUT2D eigenvalue weighted by Crippen LogP contribution is -2.38. The minimum atomic E-state index is -0.543. The Balaban J connectivity index is 1.54. The molecule has 0 fully saturated rings. The van der Waals surface area contributed by atoms with Crippen molar-refractivity contribution < 1.29 is 14.3 Å². The maximum Gasteiger partial charge on any atom is 0.343 e. The molecule has 5 rings (SSSR count). The van der Waals surface area contributed by atoms with Crippen LogP contribution in [0.25, 0.3) is 22.6 Å². The number of halogens is 1. The second-order valence-electron chi connectivity index (χ2n) is 9.26. The summed E-state index contributed by atoms with van der Waals surface area (Å²) in [6, 6.07) is 16.6. The fourth-order valence-corrected chi connectivity index (χ4v) is 4.83. The number of hydrogen-bond donors (Lipinski definition) is 0. The molecular formula is C29H27BrN6O3. The Bertz CT molecular complexity index is 1640. The van der Waals surface area contributed by atoms with Crippen LogP contribution in [0.4, 0.5) is 5.82 Å². The van der Waals surface area contributed by atoms with Gasteiger partial charge in [0, 0.05) is 46.3 Å². The van der Waals surface area contributed by atoms with Crippen LogP contribution in [0.1, 0.15) is 47.1 Å². The molecule has 0 radical (unpaired) electrons. The summed E-state index contributed by atoms with van der Waals surface area (Å²) < 4.78 is 9.52. The third-order valence-corrected chi connectivity index (χ3v) is 6.73. The van der Waals surface area contributed by atoms with E-state index in [1.807, 2.05) is 75.5 Å². The topological polar surface area (TPSA) is 94.6 Å². The zero-order valence-electron chi connectivity index (χ0n) is 22.0.